The van der Waals surface area contributed by atoms with Crippen molar-refractivity contribution in [2.75, 3.05) is 24.9 Å². The zero-order valence-electron chi connectivity index (χ0n) is 16.5. The zero-order valence-corrected chi connectivity index (χ0v) is 16.5. The van der Waals surface area contributed by atoms with E-state index < -0.39 is 5.91 Å². The molecule has 0 fully saturated rings. The third kappa shape index (κ3) is 4.54. The Kier molecular flexibility index (Phi) is 6.12. The Morgan fingerprint density at radius 3 is 2.72 bits per heavy atom. The van der Waals surface area contributed by atoms with Crippen molar-refractivity contribution in [3.05, 3.63) is 47.9 Å². The molecule has 152 valence electrons. The maximum Gasteiger partial charge on any atom is 0.254 e. The predicted molar refractivity (Wildman–Crippen MR) is 109 cm³/mol. The fourth-order valence-corrected chi connectivity index (χ4v) is 2.76. The van der Waals surface area contributed by atoms with Gasteiger partial charge in [0.15, 0.2) is 11.5 Å². The quantitative estimate of drug-likeness (QED) is 0.501. The minimum Gasteiger partial charge on any atom is -0.493 e. The van der Waals surface area contributed by atoms with E-state index in [4.69, 9.17) is 15.2 Å². The van der Waals surface area contributed by atoms with Crippen molar-refractivity contribution in [2.45, 2.75) is 20.0 Å². The molecule has 1 amide bonds. The Labute approximate surface area is 168 Å². The van der Waals surface area contributed by atoms with Gasteiger partial charge in [0.2, 0.25) is 5.95 Å². The lowest BCUT2D eigenvalue weighted by Gasteiger charge is -2.15. The molecule has 0 unspecified atom stereocenters. The molecule has 10 nitrogen and oxygen atoms in total. The Morgan fingerprint density at radius 1 is 1.24 bits per heavy atom. The third-order valence-corrected chi connectivity index (χ3v) is 4.20. The first-order chi connectivity index (χ1) is 14.0. The number of nitrogens with two attached hydrogens (primary N) is 1. The van der Waals surface area contributed by atoms with Crippen LogP contribution in [0.25, 0.3) is 0 Å². The summed E-state index contributed by atoms with van der Waals surface area (Å²) in [5.41, 5.74) is 7.22. The molecule has 1 aromatic carbocycles. The largest absolute Gasteiger partial charge is 0.493 e. The maximum absolute atomic E-state index is 11.8. The van der Waals surface area contributed by atoms with Crippen molar-refractivity contribution >= 4 is 23.4 Å². The number of methoxy groups -OCH3 is 2. The van der Waals surface area contributed by atoms with Crippen LogP contribution in [-0.4, -0.2) is 39.9 Å². The number of benzene rings is 1. The highest BCUT2D eigenvalue weighted by Crippen LogP contribution is 2.31. The summed E-state index contributed by atoms with van der Waals surface area (Å²) in [5.74, 6) is 1.20. The third-order valence-electron chi connectivity index (χ3n) is 4.20. The maximum atomic E-state index is 11.8. The Morgan fingerprint density at radius 2 is 2.07 bits per heavy atom. The number of amides is 1. The van der Waals surface area contributed by atoms with Gasteiger partial charge in [0.25, 0.3) is 5.91 Å². The first-order valence-electron chi connectivity index (χ1n) is 8.95. The molecule has 0 atom stereocenters. The number of hydrogen-bond acceptors (Lipinski definition) is 8. The number of anilines is 3. The van der Waals surface area contributed by atoms with E-state index in [-0.39, 0.29) is 5.56 Å². The summed E-state index contributed by atoms with van der Waals surface area (Å²) >= 11 is 0. The van der Waals surface area contributed by atoms with Crippen molar-refractivity contribution in [3.63, 3.8) is 0 Å². The second kappa shape index (κ2) is 8.91. The number of carbonyl (C=O) groups is 1. The fraction of sp³-hybridized carbons (Fsp3) is 0.263. The van der Waals surface area contributed by atoms with Gasteiger partial charge in [-0.3, -0.25) is 9.48 Å². The molecule has 2 heterocycles. The number of para-hydroxylation sites is 1. The van der Waals surface area contributed by atoms with Crippen LogP contribution < -0.4 is 25.8 Å². The second-order valence-corrected chi connectivity index (χ2v) is 6.04. The highest BCUT2D eigenvalue weighted by atomic mass is 16.5. The Hall–Kier alpha value is -3.82. The lowest BCUT2D eigenvalue weighted by Crippen LogP contribution is -2.17. The van der Waals surface area contributed by atoms with Gasteiger partial charge in [0.1, 0.15) is 5.82 Å². The number of carbonyl (C=O) groups excluding carboxylic acids is 1. The standard InChI is InChI=1S/C19H23N7O3/c1-4-26-11-13(9-23-26)24-19-22-10-14(17(20)27)18(25-19)21-8-12-6-5-7-15(28-2)16(12)29-3/h5-7,9-11H,4,8H2,1-3H3,(H2,20,27)(H2,21,22,24,25). The van der Waals surface area contributed by atoms with Crippen molar-refractivity contribution < 1.29 is 14.3 Å². The van der Waals surface area contributed by atoms with Crippen LogP contribution in [0.15, 0.2) is 36.8 Å². The molecular weight excluding hydrogens is 374 g/mol. The number of nitrogens with one attached hydrogen (secondary N) is 2. The van der Waals surface area contributed by atoms with E-state index in [0.29, 0.717) is 29.8 Å². The smallest absolute Gasteiger partial charge is 0.254 e. The monoisotopic (exact) mass is 397 g/mol. The topological polar surface area (TPSA) is 129 Å². The molecule has 3 aromatic rings. The molecule has 2 aromatic heterocycles. The molecule has 0 spiro atoms. The van der Waals surface area contributed by atoms with Crippen molar-refractivity contribution in [2.24, 2.45) is 5.73 Å². The average Bonchev–Trinajstić information content (AvgIpc) is 3.19. The molecule has 29 heavy (non-hydrogen) atoms. The van der Waals surface area contributed by atoms with E-state index in [2.05, 4.69) is 25.7 Å². The van der Waals surface area contributed by atoms with Gasteiger partial charge in [-0.05, 0) is 13.0 Å². The van der Waals surface area contributed by atoms with Gasteiger partial charge in [-0.2, -0.15) is 10.1 Å². The van der Waals surface area contributed by atoms with Crippen LogP contribution in [0.2, 0.25) is 0 Å². The van der Waals surface area contributed by atoms with Crippen LogP contribution in [0.4, 0.5) is 17.5 Å². The number of rotatable bonds is 9. The molecule has 10 heteroatoms. The van der Waals surface area contributed by atoms with E-state index in [9.17, 15) is 4.79 Å². The van der Waals surface area contributed by atoms with Gasteiger partial charge < -0.3 is 25.8 Å². The number of primary amides is 1. The van der Waals surface area contributed by atoms with Gasteiger partial charge >= 0.3 is 0 Å². The summed E-state index contributed by atoms with van der Waals surface area (Å²) in [6, 6.07) is 5.55. The van der Waals surface area contributed by atoms with Gasteiger partial charge in [-0.1, -0.05) is 12.1 Å². The lowest BCUT2D eigenvalue weighted by atomic mass is 10.1. The first-order valence-corrected chi connectivity index (χ1v) is 8.95. The molecular formula is C19H23N7O3. The minimum absolute atomic E-state index is 0.182. The van der Waals surface area contributed by atoms with Gasteiger partial charge in [-0.15, -0.1) is 0 Å². The number of aromatic nitrogens is 4. The normalized spacial score (nSPS) is 10.4. The van der Waals surface area contributed by atoms with Gasteiger partial charge in [0, 0.05) is 31.0 Å². The number of ether oxygens (including phenoxy) is 2. The number of hydrogen-bond donors (Lipinski definition) is 3. The van der Waals surface area contributed by atoms with E-state index in [0.717, 1.165) is 17.8 Å². The van der Waals surface area contributed by atoms with E-state index in [1.54, 1.807) is 31.2 Å². The molecule has 0 aliphatic heterocycles. The van der Waals surface area contributed by atoms with Crippen LogP contribution in [0, 0.1) is 0 Å². The van der Waals surface area contributed by atoms with Crippen molar-refractivity contribution in [3.8, 4) is 11.5 Å². The van der Waals surface area contributed by atoms with E-state index in [1.165, 1.54) is 6.20 Å². The van der Waals surface area contributed by atoms with Gasteiger partial charge in [-0.25, -0.2) is 4.98 Å². The van der Waals surface area contributed by atoms with Crippen LogP contribution in [0.3, 0.4) is 0 Å². The highest BCUT2D eigenvalue weighted by molar-refractivity contribution is 5.97. The fourth-order valence-electron chi connectivity index (χ4n) is 2.76. The van der Waals surface area contributed by atoms with Crippen molar-refractivity contribution in [1.82, 2.24) is 19.7 Å². The second-order valence-electron chi connectivity index (χ2n) is 6.04. The molecule has 0 saturated carbocycles. The van der Waals surface area contributed by atoms with Gasteiger partial charge in [0.05, 0.1) is 31.7 Å². The summed E-state index contributed by atoms with van der Waals surface area (Å²) in [6.45, 7) is 3.08. The van der Waals surface area contributed by atoms with Crippen LogP contribution in [0.1, 0.15) is 22.8 Å². The first kappa shape index (κ1) is 19.9. The highest BCUT2D eigenvalue weighted by Gasteiger charge is 2.15. The summed E-state index contributed by atoms with van der Waals surface area (Å²) in [7, 11) is 3.14. The molecule has 3 rings (SSSR count). The van der Waals surface area contributed by atoms with Crippen LogP contribution in [0.5, 0.6) is 11.5 Å². The molecule has 0 aliphatic rings. The predicted octanol–water partition coefficient (Wildman–Crippen LogP) is 2.16. The molecule has 4 N–H and O–H groups in total. The van der Waals surface area contributed by atoms with Crippen molar-refractivity contribution in [1.29, 1.82) is 0 Å². The number of nitrogens with zero attached hydrogens (tertiary/aromatic N) is 4. The molecule has 0 radical (unpaired) electrons. The molecule has 0 saturated heterocycles. The minimum atomic E-state index is -0.629. The summed E-state index contributed by atoms with van der Waals surface area (Å²) in [5, 5.41) is 10.4. The summed E-state index contributed by atoms with van der Waals surface area (Å²) < 4.78 is 12.5. The summed E-state index contributed by atoms with van der Waals surface area (Å²) in [4.78, 5) is 20.3. The Bertz CT molecular complexity index is 1000. The van der Waals surface area contributed by atoms with Crippen LogP contribution >= 0.6 is 0 Å². The number of aryl methyl sites for hydroxylation is 1. The molecule has 0 aliphatic carbocycles. The average molecular weight is 397 g/mol. The summed E-state index contributed by atoms with van der Waals surface area (Å²) in [6.07, 6.45) is 4.88. The van der Waals surface area contributed by atoms with E-state index >= 15 is 0 Å². The zero-order chi connectivity index (χ0) is 20.8. The lowest BCUT2D eigenvalue weighted by molar-refractivity contribution is 0.100. The SMILES string of the molecule is CCn1cc(Nc2ncc(C(N)=O)c(NCc3cccc(OC)c3OC)n2)cn1. The molecule has 0 bridgehead atoms. The van der Waals surface area contributed by atoms with Crippen LogP contribution in [-0.2, 0) is 13.1 Å². The Balaban J connectivity index is 1.84. The van der Waals surface area contributed by atoms with E-state index in [1.807, 2.05) is 25.3 Å².